The van der Waals surface area contributed by atoms with Crippen LogP contribution in [0.15, 0.2) is 0 Å². The normalized spacial score (nSPS) is 17.4. The highest BCUT2D eigenvalue weighted by molar-refractivity contribution is 6.28. The molecule has 1 heterocycles. The lowest BCUT2D eigenvalue weighted by atomic mass is 9.70. The molecule has 94 valence electrons. The third kappa shape index (κ3) is 3.19. The van der Waals surface area contributed by atoms with Gasteiger partial charge in [0.2, 0.25) is 11.2 Å². The number of nitrogens with zero attached hydrogens (tertiary/aromatic N) is 3. The largest absolute Gasteiger partial charge is 0.464 e. The highest BCUT2D eigenvalue weighted by Gasteiger charge is 2.31. The van der Waals surface area contributed by atoms with Gasteiger partial charge in [0.25, 0.3) is 0 Å². The number of aromatic nitrogens is 3. The fraction of sp³-hybridized carbons (Fsp3) is 0.727. The van der Waals surface area contributed by atoms with E-state index >= 15 is 0 Å². The van der Waals surface area contributed by atoms with Crippen LogP contribution in [-0.4, -0.2) is 28.1 Å². The number of anilines is 1. The first-order valence-corrected chi connectivity index (χ1v) is 6.27. The van der Waals surface area contributed by atoms with Crippen LogP contribution in [0.5, 0.6) is 6.01 Å². The molecule has 1 aliphatic rings. The predicted octanol–water partition coefficient (Wildman–Crippen LogP) is 2.53. The number of nitrogens with one attached hydrogen (secondary N) is 1. The maximum atomic E-state index is 5.80. The van der Waals surface area contributed by atoms with Gasteiger partial charge in [-0.15, -0.1) is 0 Å². The van der Waals surface area contributed by atoms with Crippen LogP contribution in [0.4, 0.5) is 5.95 Å². The van der Waals surface area contributed by atoms with Crippen LogP contribution in [0.3, 0.4) is 0 Å². The predicted molar refractivity (Wildman–Crippen MR) is 66.5 cm³/mol. The fourth-order valence-corrected chi connectivity index (χ4v) is 2.01. The molecule has 1 aromatic rings. The van der Waals surface area contributed by atoms with Crippen molar-refractivity contribution in [2.75, 3.05) is 18.5 Å². The molecule has 1 fully saturated rings. The van der Waals surface area contributed by atoms with E-state index in [0.29, 0.717) is 18.0 Å². The smallest absolute Gasteiger partial charge is 0.322 e. The Bertz CT molecular complexity index is 395. The molecule has 17 heavy (non-hydrogen) atoms. The third-order valence-electron chi connectivity index (χ3n) is 3.09. The van der Waals surface area contributed by atoms with Crippen LogP contribution in [0.1, 0.15) is 33.1 Å². The molecule has 1 saturated carbocycles. The topological polar surface area (TPSA) is 59.9 Å². The first-order valence-electron chi connectivity index (χ1n) is 5.89. The Morgan fingerprint density at radius 1 is 1.35 bits per heavy atom. The summed E-state index contributed by atoms with van der Waals surface area (Å²) < 4.78 is 5.21. The van der Waals surface area contributed by atoms with Crippen molar-refractivity contribution in [3.63, 3.8) is 0 Å². The molecule has 0 unspecified atom stereocenters. The second kappa shape index (κ2) is 5.04. The molecule has 0 saturated heterocycles. The average Bonchev–Trinajstić information content (AvgIpc) is 2.23. The van der Waals surface area contributed by atoms with Crippen molar-refractivity contribution in [3.8, 4) is 6.01 Å². The zero-order chi connectivity index (χ0) is 12.3. The molecule has 1 N–H and O–H groups in total. The van der Waals surface area contributed by atoms with E-state index in [1.165, 1.54) is 19.3 Å². The van der Waals surface area contributed by atoms with Gasteiger partial charge in [-0.05, 0) is 36.8 Å². The van der Waals surface area contributed by atoms with Crippen LogP contribution in [0.25, 0.3) is 0 Å². The number of hydrogen-bond donors (Lipinski definition) is 1. The Balaban J connectivity index is 1.99. The minimum Gasteiger partial charge on any atom is -0.464 e. The first-order chi connectivity index (χ1) is 8.11. The highest BCUT2D eigenvalue weighted by Crippen LogP contribution is 2.40. The molecule has 0 amide bonds. The van der Waals surface area contributed by atoms with E-state index in [0.717, 1.165) is 6.54 Å². The van der Waals surface area contributed by atoms with Gasteiger partial charge in [-0.3, -0.25) is 0 Å². The van der Waals surface area contributed by atoms with Crippen molar-refractivity contribution in [3.05, 3.63) is 5.28 Å². The molecular weight excluding hydrogens is 240 g/mol. The van der Waals surface area contributed by atoms with Gasteiger partial charge in [-0.2, -0.15) is 15.0 Å². The summed E-state index contributed by atoms with van der Waals surface area (Å²) in [7, 11) is 0. The summed E-state index contributed by atoms with van der Waals surface area (Å²) in [5.41, 5.74) is 0.366. The minimum atomic E-state index is 0.157. The molecule has 1 aromatic heterocycles. The lowest BCUT2D eigenvalue weighted by molar-refractivity contribution is 0.179. The summed E-state index contributed by atoms with van der Waals surface area (Å²) in [4.78, 5) is 12.1. The number of rotatable bonds is 5. The van der Waals surface area contributed by atoms with E-state index in [1.807, 2.05) is 6.92 Å². The SMILES string of the molecule is CCOc1nc(Cl)nc(NCC2(C)CCC2)n1. The number of ether oxygens (including phenoxy) is 1. The summed E-state index contributed by atoms with van der Waals surface area (Å²) in [6, 6.07) is 0.272. The lowest BCUT2D eigenvalue weighted by Gasteiger charge is -2.38. The molecule has 6 heteroatoms. The van der Waals surface area contributed by atoms with Gasteiger partial charge < -0.3 is 10.1 Å². The van der Waals surface area contributed by atoms with Gasteiger partial charge in [-0.1, -0.05) is 13.3 Å². The Labute approximate surface area is 106 Å². The summed E-state index contributed by atoms with van der Waals surface area (Å²) >= 11 is 5.80. The van der Waals surface area contributed by atoms with Gasteiger partial charge in [0.1, 0.15) is 0 Å². The van der Waals surface area contributed by atoms with Gasteiger partial charge >= 0.3 is 6.01 Å². The van der Waals surface area contributed by atoms with E-state index in [1.54, 1.807) is 0 Å². The second-order valence-electron chi connectivity index (χ2n) is 4.66. The van der Waals surface area contributed by atoms with Crippen molar-refractivity contribution in [1.82, 2.24) is 15.0 Å². The zero-order valence-corrected chi connectivity index (χ0v) is 10.9. The molecule has 0 aromatic carbocycles. The van der Waals surface area contributed by atoms with E-state index in [-0.39, 0.29) is 11.3 Å². The maximum absolute atomic E-state index is 5.80. The highest BCUT2D eigenvalue weighted by atomic mass is 35.5. The molecule has 0 bridgehead atoms. The Morgan fingerprint density at radius 3 is 2.71 bits per heavy atom. The van der Waals surface area contributed by atoms with Crippen molar-refractivity contribution in [2.45, 2.75) is 33.1 Å². The molecule has 2 rings (SSSR count). The van der Waals surface area contributed by atoms with Crippen LogP contribution in [0, 0.1) is 5.41 Å². The summed E-state index contributed by atoms with van der Waals surface area (Å²) in [6.07, 6.45) is 3.80. The molecule has 0 atom stereocenters. The lowest BCUT2D eigenvalue weighted by Crippen LogP contribution is -2.33. The Morgan fingerprint density at radius 2 is 2.12 bits per heavy atom. The fourth-order valence-electron chi connectivity index (χ4n) is 1.85. The van der Waals surface area contributed by atoms with Crippen molar-refractivity contribution in [2.24, 2.45) is 5.41 Å². The van der Waals surface area contributed by atoms with E-state index in [2.05, 4.69) is 27.2 Å². The van der Waals surface area contributed by atoms with Crippen LogP contribution in [-0.2, 0) is 0 Å². The van der Waals surface area contributed by atoms with E-state index < -0.39 is 0 Å². The summed E-state index contributed by atoms with van der Waals surface area (Å²) in [5, 5.41) is 3.36. The van der Waals surface area contributed by atoms with Gasteiger partial charge in [0.05, 0.1) is 6.61 Å². The molecular formula is C11H17ClN4O. The van der Waals surface area contributed by atoms with E-state index in [9.17, 15) is 0 Å². The molecule has 1 aliphatic carbocycles. The maximum Gasteiger partial charge on any atom is 0.322 e. The third-order valence-corrected chi connectivity index (χ3v) is 3.26. The second-order valence-corrected chi connectivity index (χ2v) is 5.00. The molecule has 0 aliphatic heterocycles. The molecule has 0 spiro atoms. The van der Waals surface area contributed by atoms with Crippen LogP contribution < -0.4 is 10.1 Å². The van der Waals surface area contributed by atoms with Gasteiger partial charge in [0, 0.05) is 6.54 Å². The number of halogens is 1. The van der Waals surface area contributed by atoms with Gasteiger partial charge in [-0.25, -0.2) is 0 Å². The average molecular weight is 257 g/mol. The van der Waals surface area contributed by atoms with Gasteiger partial charge in [0.15, 0.2) is 0 Å². The Hall–Kier alpha value is -1.10. The van der Waals surface area contributed by atoms with Crippen LogP contribution >= 0.6 is 11.6 Å². The molecule has 5 nitrogen and oxygen atoms in total. The van der Waals surface area contributed by atoms with Crippen LogP contribution in [0.2, 0.25) is 5.28 Å². The quantitative estimate of drug-likeness (QED) is 0.877. The van der Waals surface area contributed by atoms with Crippen molar-refractivity contribution < 1.29 is 4.74 Å². The van der Waals surface area contributed by atoms with Crippen molar-refractivity contribution >= 4 is 17.5 Å². The first kappa shape index (κ1) is 12.4. The minimum absolute atomic E-state index is 0.157. The van der Waals surface area contributed by atoms with E-state index in [4.69, 9.17) is 16.3 Å². The molecule has 0 radical (unpaired) electrons. The monoisotopic (exact) mass is 256 g/mol. The standard InChI is InChI=1S/C11H17ClN4O/c1-3-17-10-15-8(12)14-9(16-10)13-7-11(2)5-4-6-11/h3-7H2,1-2H3,(H,13,14,15,16). The Kier molecular flexibility index (Phi) is 3.66. The summed E-state index contributed by atoms with van der Waals surface area (Å²) in [5.74, 6) is 0.488. The van der Waals surface area contributed by atoms with Crippen molar-refractivity contribution in [1.29, 1.82) is 0 Å². The number of hydrogen-bond acceptors (Lipinski definition) is 5. The summed E-state index contributed by atoms with van der Waals surface area (Å²) in [6.45, 7) is 5.51. The zero-order valence-electron chi connectivity index (χ0n) is 10.2.